The number of nitrogens with two attached hydrogens (primary N) is 1. The third kappa shape index (κ3) is 9.18. The lowest BCUT2D eigenvalue weighted by Gasteiger charge is -2.09. The molecule has 0 fully saturated rings. The van der Waals surface area contributed by atoms with Crippen molar-refractivity contribution in [2.75, 3.05) is 29.5 Å². The molecular formula is C35H33ClN8O3. The zero-order valence-corrected chi connectivity index (χ0v) is 26.4. The topological polar surface area (TPSA) is 162 Å². The summed E-state index contributed by atoms with van der Waals surface area (Å²) in [5.74, 6) is 1.56. The van der Waals surface area contributed by atoms with Gasteiger partial charge in [0.25, 0.3) is 5.69 Å². The standard InChI is InChI=1S/C19H20N4O.C16H13ClN4O2/c1-13(24)10-15-4-2-14(3-5-15)8-9-21-19-17-11-16(20)6-7-18(17)22-12-23-19;17-12-3-1-11(2-4-12)7-8-18-16-14-9-13(21(22)23)5-6-15(14)19-10-20-16/h2-7,11-12H,8-10,20H2,1H3,(H,21,22,23);1-6,9-10H,7-8H2,(H,18,19,20). The number of ketones is 1. The molecule has 0 radical (unpaired) electrons. The number of nitro groups is 1. The second-order valence-corrected chi connectivity index (χ2v) is 11.3. The summed E-state index contributed by atoms with van der Waals surface area (Å²) in [7, 11) is 0. The highest BCUT2D eigenvalue weighted by molar-refractivity contribution is 6.30. The molecule has 6 rings (SSSR count). The molecule has 47 heavy (non-hydrogen) atoms. The van der Waals surface area contributed by atoms with E-state index >= 15 is 0 Å². The highest BCUT2D eigenvalue weighted by Gasteiger charge is 2.10. The van der Waals surface area contributed by atoms with Crippen molar-refractivity contribution < 1.29 is 9.72 Å². The fourth-order valence-electron chi connectivity index (χ4n) is 4.93. The van der Waals surface area contributed by atoms with Gasteiger partial charge in [0.1, 0.15) is 30.1 Å². The Balaban J connectivity index is 0.000000185. The lowest BCUT2D eigenvalue weighted by molar-refractivity contribution is -0.384. The van der Waals surface area contributed by atoms with Gasteiger partial charge < -0.3 is 16.4 Å². The van der Waals surface area contributed by atoms with Crippen molar-refractivity contribution in [3.63, 3.8) is 0 Å². The maximum atomic E-state index is 11.1. The van der Waals surface area contributed by atoms with Gasteiger partial charge >= 0.3 is 0 Å². The van der Waals surface area contributed by atoms with Crippen LogP contribution in [0.3, 0.4) is 0 Å². The summed E-state index contributed by atoms with van der Waals surface area (Å²) < 4.78 is 0. The minimum absolute atomic E-state index is 0.0213. The molecule has 12 heteroatoms. The Morgan fingerprint density at radius 2 is 1.26 bits per heavy atom. The fraction of sp³-hybridized carbons (Fsp3) is 0.171. The summed E-state index contributed by atoms with van der Waals surface area (Å²) in [5, 5.41) is 19.7. The van der Waals surface area contributed by atoms with Gasteiger partial charge in [-0.2, -0.15) is 0 Å². The van der Waals surface area contributed by atoms with Crippen LogP contribution in [0.5, 0.6) is 0 Å². The number of carbonyl (C=O) groups is 1. The number of anilines is 3. The number of non-ortho nitro benzene ring substituents is 1. The highest BCUT2D eigenvalue weighted by atomic mass is 35.5. The van der Waals surface area contributed by atoms with Crippen molar-refractivity contribution in [3.8, 4) is 0 Å². The van der Waals surface area contributed by atoms with E-state index in [9.17, 15) is 14.9 Å². The number of nitrogens with zero attached hydrogens (tertiary/aromatic N) is 5. The number of rotatable bonds is 11. The lowest BCUT2D eigenvalue weighted by atomic mass is 10.1. The quantitative estimate of drug-likeness (QED) is 0.0770. The van der Waals surface area contributed by atoms with Gasteiger partial charge in [0.05, 0.1) is 16.0 Å². The maximum Gasteiger partial charge on any atom is 0.270 e. The number of hydrogen-bond donors (Lipinski definition) is 3. The fourth-order valence-corrected chi connectivity index (χ4v) is 5.05. The molecule has 4 N–H and O–H groups in total. The first-order valence-corrected chi connectivity index (χ1v) is 15.3. The van der Waals surface area contributed by atoms with E-state index in [0.717, 1.165) is 47.2 Å². The number of nitro benzene ring substituents is 1. The summed E-state index contributed by atoms with van der Waals surface area (Å²) in [6, 6.07) is 25.9. The van der Waals surface area contributed by atoms with Gasteiger partial charge in [0, 0.05) is 53.1 Å². The number of benzene rings is 4. The number of nitrogens with one attached hydrogen (secondary N) is 2. The average molecular weight is 649 g/mol. The molecule has 0 saturated carbocycles. The van der Waals surface area contributed by atoms with Gasteiger partial charge in [-0.3, -0.25) is 14.9 Å². The molecule has 0 unspecified atom stereocenters. The summed E-state index contributed by atoms with van der Waals surface area (Å²) in [4.78, 5) is 38.5. The molecule has 0 bridgehead atoms. The predicted molar refractivity (Wildman–Crippen MR) is 187 cm³/mol. The second kappa shape index (κ2) is 15.5. The van der Waals surface area contributed by atoms with Crippen molar-refractivity contribution in [3.05, 3.63) is 129 Å². The molecule has 2 aromatic heterocycles. The zero-order chi connectivity index (χ0) is 33.2. The van der Waals surface area contributed by atoms with Crippen LogP contribution in [0, 0.1) is 10.1 Å². The van der Waals surface area contributed by atoms with Gasteiger partial charge in [-0.1, -0.05) is 48.0 Å². The molecule has 0 saturated heterocycles. The van der Waals surface area contributed by atoms with Crippen molar-refractivity contribution in [2.45, 2.75) is 26.2 Å². The van der Waals surface area contributed by atoms with Crippen LogP contribution >= 0.6 is 11.6 Å². The largest absolute Gasteiger partial charge is 0.399 e. The van der Waals surface area contributed by atoms with Crippen LogP contribution < -0.4 is 16.4 Å². The van der Waals surface area contributed by atoms with Crippen LogP contribution in [0.1, 0.15) is 23.6 Å². The van der Waals surface area contributed by atoms with E-state index < -0.39 is 4.92 Å². The first kappa shape index (κ1) is 32.7. The minimum atomic E-state index is -0.427. The highest BCUT2D eigenvalue weighted by Crippen LogP contribution is 2.24. The lowest BCUT2D eigenvalue weighted by Crippen LogP contribution is -2.07. The SMILES string of the molecule is CC(=O)Cc1ccc(CCNc2ncnc3ccc(N)cc23)cc1.O=[N+]([O-])c1ccc2ncnc(NCCc3ccc(Cl)cc3)c2c1. The van der Waals surface area contributed by atoms with Gasteiger partial charge in [-0.05, 0) is 72.9 Å². The zero-order valence-electron chi connectivity index (χ0n) is 25.7. The molecule has 0 amide bonds. The smallest absolute Gasteiger partial charge is 0.270 e. The summed E-state index contributed by atoms with van der Waals surface area (Å²) in [5.41, 5.74) is 11.5. The van der Waals surface area contributed by atoms with Crippen molar-refractivity contribution in [2.24, 2.45) is 0 Å². The summed E-state index contributed by atoms with van der Waals surface area (Å²) in [6.45, 7) is 3.01. The van der Waals surface area contributed by atoms with Crippen molar-refractivity contribution in [1.29, 1.82) is 0 Å². The van der Waals surface area contributed by atoms with E-state index in [0.29, 0.717) is 40.4 Å². The molecule has 0 aliphatic rings. The molecule has 0 aliphatic heterocycles. The first-order chi connectivity index (χ1) is 22.7. The Labute approximate surface area is 276 Å². The molecule has 0 atom stereocenters. The van der Waals surface area contributed by atoms with Crippen molar-refractivity contribution >= 4 is 62.2 Å². The molecule has 11 nitrogen and oxygen atoms in total. The van der Waals surface area contributed by atoms with Gasteiger partial charge in [0.15, 0.2) is 0 Å². The van der Waals surface area contributed by atoms with E-state index in [1.165, 1.54) is 24.0 Å². The molecule has 0 aliphatic carbocycles. The molecule has 0 spiro atoms. The summed E-state index contributed by atoms with van der Waals surface area (Å²) in [6.07, 6.45) is 5.15. The Hall–Kier alpha value is -5.68. The maximum absolute atomic E-state index is 11.1. The van der Waals surface area contributed by atoms with Crippen LogP contribution in [-0.4, -0.2) is 43.7 Å². The van der Waals surface area contributed by atoms with Crippen LogP contribution in [-0.2, 0) is 24.1 Å². The number of carbonyl (C=O) groups excluding carboxylic acids is 1. The molecule has 2 heterocycles. The monoisotopic (exact) mass is 648 g/mol. The molecule has 6 aromatic rings. The number of nitrogen functional groups attached to an aromatic ring is 1. The van der Waals surface area contributed by atoms with Crippen molar-refractivity contribution in [1.82, 2.24) is 19.9 Å². The summed E-state index contributed by atoms with van der Waals surface area (Å²) >= 11 is 5.86. The Kier molecular flexibility index (Phi) is 10.8. The van der Waals surface area contributed by atoms with Crippen LogP contribution in [0.15, 0.2) is 97.6 Å². The number of halogens is 1. The van der Waals surface area contributed by atoms with Crippen LogP contribution in [0.2, 0.25) is 5.02 Å². The van der Waals surface area contributed by atoms with Gasteiger partial charge in [-0.25, -0.2) is 19.9 Å². The molecule has 238 valence electrons. The average Bonchev–Trinajstić information content (AvgIpc) is 3.06. The Morgan fingerprint density at radius 1 is 0.745 bits per heavy atom. The predicted octanol–water partition coefficient (Wildman–Crippen LogP) is 6.84. The van der Waals surface area contributed by atoms with Crippen LogP contribution in [0.4, 0.5) is 23.0 Å². The third-order valence-corrected chi connectivity index (χ3v) is 7.54. The molecule has 4 aromatic carbocycles. The number of hydrogen-bond acceptors (Lipinski definition) is 10. The van der Waals surface area contributed by atoms with Gasteiger partial charge in [-0.15, -0.1) is 0 Å². The van der Waals surface area contributed by atoms with E-state index in [1.807, 2.05) is 54.6 Å². The van der Waals surface area contributed by atoms with E-state index in [1.54, 1.807) is 19.3 Å². The third-order valence-electron chi connectivity index (χ3n) is 7.29. The van der Waals surface area contributed by atoms with Crippen LogP contribution in [0.25, 0.3) is 21.8 Å². The molecular weight excluding hydrogens is 616 g/mol. The van der Waals surface area contributed by atoms with E-state index in [4.69, 9.17) is 17.3 Å². The number of fused-ring (bicyclic) bond motifs is 2. The van der Waals surface area contributed by atoms with Gasteiger partial charge in [0.2, 0.25) is 0 Å². The first-order valence-electron chi connectivity index (χ1n) is 14.9. The number of Topliss-reactive ketones (excluding diaryl/α,β-unsaturated/α-hetero) is 1. The Bertz CT molecular complexity index is 2000. The van der Waals surface area contributed by atoms with E-state index in [-0.39, 0.29) is 11.5 Å². The second-order valence-electron chi connectivity index (χ2n) is 10.9. The normalized spacial score (nSPS) is 10.7. The number of aromatic nitrogens is 4. The Morgan fingerprint density at radius 3 is 1.81 bits per heavy atom. The van der Waals surface area contributed by atoms with E-state index in [2.05, 4.69) is 42.7 Å². The minimum Gasteiger partial charge on any atom is -0.399 e.